The van der Waals surface area contributed by atoms with Crippen molar-refractivity contribution < 1.29 is 27.9 Å². The van der Waals surface area contributed by atoms with Crippen molar-refractivity contribution in [3.63, 3.8) is 0 Å². The molecular weight excluding hydrogens is 471 g/mol. The number of hydrogen-bond donors (Lipinski definition) is 4. The number of rotatable bonds is 6. The maximum Gasteiger partial charge on any atom is 0.416 e. The summed E-state index contributed by atoms with van der Waals surface area (Å²) < 4.78 is 38.9. The molecule has 2 amide bonds. The number of alkyl halides is 3. The lowest BCUT2D eigenvalue weighted by atomic mass is 9.68. The highest BCUT2D eigenvalue weighted by Crippen LogP contribution is 2.60. The lowest BCUT2D eigenvalue weighted by Crippen LogP contribution is -2.59. The fourth-order valence-corrected chi connectivity index (χ4v) is 6.71. The van der Waals surface area contributed by atoms with Crippen LogP contribution in [0.15, 0.2) is 54.6 Å². The van der Waals surface area contributed by atoms with E-state index in [1.807, 2.05) is 30.3 Å². The minimum Gasteiger partial charge on any atom is -0.385 e. The monoisotopic (exact) mass is 501 g/mol. The number of carbonyl (C=O) groups is 2. The van der Waals surface area contributed by atoms with Gasteiger partial charge in [0.2, 0.25) is 5.91 Å². The molecule has 2 aromatic carbocycles. The van der Waals surface area contributed by atoms with Crippen molar-refractivity contribution in [3.8, 4) is 0 Å². The summed E-state index contributed by atoms with van der Waals surface area (Å²) in [5.41, 5.74) is -1.45. The first-order chi connectivity index (χ1) is 17.1. The van der Waals surface area contributed by atoms with E-state index >= 15 is 0 Å². The molecular formula is C27H30F3N3O3. The molecule has 0 aromatic heterocycles. The number of halogens is 3. The quantitative estimate of drug-likeness (QED) is 0.489. The summed E-state index contributed by atoms with van der Waals surface area (Å²) in [6.07, 6.45) is -1.45. The lowest BCUT2D eigenvalue weighted by molar-refractivity contribution is -0.137. The molecule has 2 bridgehead atoms. The van der Waals surface area contributed by atoms with Gasteiger partial charge in [0.15, 0.2) is 0 Å². The van der Waals surface area contributed by atoms with E-state index in [1.54, 1.807) is 0 Å². The molecule has 4 unspecified atom stereocenters. The molecule has 1 aliphatic heterocycles. The highest BCUT2D eigenvalue weighted by atomic mass is 19.4. The van der Waals surface area contributed by atoms with Crippen LogP contribution in [-0.2, 0) is 16.6 Å². The van der Waals surface area contributed by atoms with Crippen LogP contribution in [0.1, 0.15) is 47.2 Å². The van der Waals surface area contributed by atoms with Gasteiger partial charge >= 0.3 is 6.18 Å². The molecule has 6 nitrogen and oxygen atoms in total. The second-order valence-electron chi connectivity index (χ2n) is 10.4. The zero-order valence-corrected chi connectivity index (χ0v) is 19.8. The van der Waals surface area contributed by atoms with E-state index in [2.05, 4.69) is 16.0 Å². The molecule has 5 rings (SSSR count). The molecule has 3 aliphatic rings. The van der Waals surface area contributed by atoms with Gasteiger partial charge in [-0.25, -0.2) is 0 Å². The van der Waals surface area contributed by atoms with Crippen molar-refractivity contribution in [1.29, 1.82) is 0 Å². The van der Waals surface area contributed by atoms with Crippen molar-refractivity contribution in [2.45, 2.75) is 43.0 Å². The summed E-state index contributed by atoms with van der Waals surface area (Å²) in [4.78, 5) is 25.3. The maximum atomic E-state index is 13.0. The number of amides is 2. The molecule has 9 heteroatoms. The molecule has 3 fully saturated rings. The molecule has 4 N–H and O–H groups in total. The van der Waals surface area contributed by atoms with Crippen molar-refractivity contribution in [2.75, 3.05) is 19.6 Å². The van der Waals surface area contributed by atoms with Gasteiger partial charge < -0.3 is 21.1 Å². The summed E-state index contributed by atoms with van der Waals surface area (Å²) in [7, 11) is 0. The van der Waals surface area contributed by atoms with E-state index in [1.165, 1.54) is 12.1 Å². The molecule has 2 aliphatic carbocycles. The Bertz CT molecular complexity index is 1130. The second kappa shape index (κ2) is 9.19. The van der Waals surface area contributed by atoms with Crippen LogP contribution < -0.4 is 16.0 Å². The molecule has 192 valence electrons. The van der Waals surface area contributed by atoms with Gasteiger partial charge in [-0.1, -0.05) is 36.4 Å². The number of benzene rings is 2. The maximum absolute atomic E-state index is 13.0. The Morgan fingerprint density at radius 2 is 1.86 bits per heavy atom. The highest BCUT2D eigenvalue weighted by molar-refractivity contribution is 5.96. The van der Waals surface area contributed by atoms with Gasteiger partial charge in [-0.15, -0.1) is 0 Å². The van der Waals surface area contributed by atoms with Crippen LogP contribution in [0.5, 0.6) is 0 Å². The fraction of sp³-hybridized carbons (Fsp3) is 0.481. The number of nitrogens with one attached hydrogen (secondary N) is 3. The Hall–Kier alpha value is -2.91. The summed E-state index contributed by atoms with van der Waals surface area (Å²) in [6.45, 7) is 1.04. The van der Waals surface area contributed by atoms with Crippen molar-refractivity contribution in [2.24, 2.45) is 17.8 Å². The van der Waals surface area contributed by atoms with E-state index in [0.717, 1.165) is 43.5 Å². The van der Waals surface area contributed by atoms with Crippen molar-refractivity contribution >= 4 is 11.8 Å². The Kier molecular flexibility index (Phi) is 6.32. The molecule has 0 spiro atoms. The zero-order valence-electron chi connectivity index (χ0n) is 19.8. The molecule has 1 saturated heterocycles. The van der Waals surface area contributed by atoms with Gasteiger partial charge in [-0.2, -0.15) is 13.2 Å². The Labute approximate surface area is 207 Å². The lowest BCUT2D eigenvalue weighted by Gasteiger charge is -2.44. The van der Waals surface area contributed by atoms with Crippen molar-refractivity contribution in [1.82, 2.24) is 16.0 Å². The molecule has 5 atom stereocenters. The molecule has 1 heterocycles. The number of carbonyl (C=O) groups excluding carboxylic acids is 2. The average Bonchev–Trinajstić information content (AvgIpc) is 3.58. The predicted molar refractivity (Wildman–Crippen MR) is 127 cm³/mol. The van der Waals surface area contributed by atoms with Crippen LogP contribution in [-0.4, -0.2) is 42.1 Å². The fourth-order valence-electron chi connectivity index (χ4n) is 6.71. The van der Waals surface area contributed by atoms with Crippen LogP contribution in [0.3, 0.4) is 0 Å². The average molecular weight is 502 g/mol. The normalized spacial score (nSPS) is 31.4. The molecule has 2 aromatic rings. The standard InChI is InChI=1S/C27H30F3N3O3/c28-27(29,30)20-8-4-5-17(11-20)24(35)32-15-23(34)33-25(9-10-31-16-25)22-13-21-12-18(22)14-26(21,36)19-6-2-1-3-7-19/h1-8,11,18,21-22,31,36H,9-10,12-16H2,(H,32,35)(H,33,34)/t18?,21?,22?,25-,26?/m0/s1. The van der Waals surface area contributed by atoms with Crippen LogP contribution in [0.2, 0.25) is 0 Å². The van der Waals surface area contributed by atoms with E-state index in [-0.39, 0.29) is 35.8 Å². The molecule has 2 saturated carbocycles. The van der Waals surface area contributed by atoms with Crippen molar-refractivity contribution in [3.05, 3.63) is 71.3 Å². The third-order valence-electron chi connectivity index (χ3n) is 8.37. The van der Waals surface area contributed by atoms with E-state index in [4.69, 9.17) is 0 Å². The Balaban J connectivity index is 1.23. The first-order valence-electron chi connectivity index (χ1n) is 12.4. The molecule has 36 heavy (non-hydrogen) atoms. The second-order valence-corrected chi connectivity index (χ2v) is 10.4. The van der Waals surface area contributed by atoms with E-state index in [9.17, 15) is 27.9 Å². The summed E-state index contributed by atoms with van der Waals surface area (Å²) >= 11 is 0. The van der Waals surface area contributed by atoms with Gasteiger partial charge in [-0.3, -0.25) is 9.59 Å². The third kappa shape index (κ3) is 4.50. The van der Waals surface area contributed by atoms with E-state index in [0.29, 0.717) is 13.0 Å². The van der Waals surface area contributed by atoms with Crippen LogP contribution in [0.25, 0.3) is 0 Å². The summed E-state index contributed by atoms with van der Waals surface area (Å²) in [5.74, 6) is -0.530. The van der Waals surface area contributed by atoms with Gasteiger partial charge in [0.05, 0.1) is 23.2 Å². The van der Waals surface area contributed by atoms with Gasteiger partial charge in [0.1, 0.15) is 0 Å². The van der Waals surface area contributed by atoms with Crippen LogP contribution in [0.4, 0.5) is 13.2 Å². The highest BCUT2D eigenvalue weighted by Gasteiger charge is 2.60. The topological polar surface area (TPSA) is 90.5 Å². The molecule has 0 radical (unpaired) electrons. The Morgan fingerprint density at radius 1 is 1.08 bits per heavy atom. The van der Waals surface area contributed by atoms with Gasteiger partial charge in [0.25, 0.3) is 5.91 Å². The smallest absolute Gasteiger partial charge is 0.385 e. The Morgan fingerprint density at radius 3 is 2.50 bits per heavy atom. The van der Waals surface area contributed by atoms with Gasteiger partial charge in [-0.05, 0) is 73.7 Å². The first-order valence-corrected chi connectivity index (χ1v) is 12.4. The number of fused-ring (bicyclic) bond motifs is 2. The minimum absolute atomic E-state index is 0.116. The van der Waals surface area contributed by atoms with Crippen LogP contribution in [0, 0.1) is 17.8 Å². The SMILES string of the molecule is O=C(CNC(=O)c1cccc(C(F)(F)F)c1)N[C@@]1(C2CC3CC2CC3(O)c2ccccc2)CCNC1. The zero-order chi connectivity index (χ0) is 25.6. The minimum atomic E-state index is -4.55. The predicted octanol–water partition coefficient (Wildman–Crippen LogP) is 3.22. The van der Waals surface area contributed by atoms with E-state index < -0.39 is 28.8 Å². The van der Waals surface area contributed by atoms with Gasteiger partial charge in [0, 0.05) is 12.1 Å². The third-order valence-corrected chi connectivity index (χ3v) is 8.37. The largest absolute Gasteiger partial charge is 0.416 e. The summed E-state index contributed by atoms with van der Waals surface area (Å²) in [6, 6.07) is 13.9. The number of hydrogen-bond acceptors (Lipinski definition) is 4. The van der Waals surface area contributed by atoms with Crippen LogP contribution >= 0.6 is 0 Å². The summed E-state index contributed by atoms with van der Waals surface area (Å²) in [5, 5.41) is 20.4. The number of aliphatic hydroxyl groups is 1. The first kappa shape index (κ1) is 24.8.